The minimum atomic E-state index is 0.0553. The van der Waals surface area contributed by atoms with Gasteiger partial charge in [0.05, 0.1) is 13.1 Å². The van der Waals surface area contributed by atoms with E-state index in [1.807, 2.05) is 37.4 Å². The second kappa shape index (κ2) is 8.64. The molecule has 1 aromatic rings. The van der Waals surface area contributed by atoms with Crippen LogP contribution in [0.15, 0.2) is 30.3 Å². The third-order valence-electron chi connectivity index (χ3n) is 3.72. The van der Waals surface area contributed by atoms with Crippen LogP contribution in [0.1, 0.15) is 12.8 Å². The highest BCUT2D eigenvalue weighted by Crippen LogP contribution is 2.08. The number of para-hydroxylation sites is 1. The summed E-state index contributed by atoms with van der Waals surface area (Å²) in [4.78, 5) is 14.0. The van der Waals surface area contributed by atoms with Crippen LogP contribution in [0.2, 0.25) is 0 Å². The van der Waals surface area contributed by atoms with Crippen molar-refractivity contribution in [3.8, 4) is 5.75 Å². The summed E-state index contributed by atoms with van der Waals surface area (Å²) in [6.45, 7) is 3.53. The van der Waals surface area contributed by atoms with Crippen LogP contribution in [0.5, 0.6) is 5.75 Å². The molecule has 2 N–H and O–H groups in total. The molecule has 2 rings (SSSR count). The Morgan fingerprint density at radius 1 is 1.43 bits per heavy atom. The molecule has 1 aromatic carbocycles. The van der Waals surface area contributed by atoms with Gasteiger partial charge in [-0.1, -0.05) is 18.2 Å². The molecule has 5 nitrogen and oxygen atoms in total. The molecule has 5 heteroatoms. The monoisotopic (exact) mass is 291 g/mol. The average Bonchev–Trinajstić information content (AvgIpc) is 2.53. The maximum absolute atomic E-state index is 11.9. The van der Waals surface area contributed by atoms with E-state index in [0.717, 1.165) is 25.3 Å². The Kier molecular flexibility index (Phi) is 6.50. The number of nitrogens with one attached hydrogen (secondary N) is 2. The van der Waals surface area contributed by atoms with Crippen LogP contribution in [-0.4, -0.2) is 56.7 Å². The fourth-order valence-corrected chi connectivity index (χ4v) is 2.50. The van der Waals surface area contributed by atoms with E-state index in [9.17, 15) is 4.79 Å². The molecule has 116 valence electrons. The molecule has 1 aliphatic heterocycles. The van der Waals surface area contributed by atoms with Crippen molar-refractivity contribution in [2.75, 3.05) is 39.8 Å². The van der Waals surface area contributed by atoms with E-state index in [0.29, 0.717) is 25.7 Å². The normalized spacial score (nSPS) is 18.5. The van der Waals surface area contributed by atoms with E-state index >= 15 is 0 Å². The molecule has 1 atom stereocenters. The molecule has 21 heavy (non-hydrogen) atoms. The number of likely N-dealkylation sites (N-methyl/N-ethyl adjacent to an activating group) is 1. The van der Waals surface area contributed by atoms with Crippen molar-refractivity contribution in [2.24, 2.45) is 0 Å². The van der Waals surface area contributed by atoms with Gasteiger partial charge in [-0.3, -0.25) is 9.69 Å². The van der Waals surface area contributed by atoms with Crippen molar-refractivity contribution in [3.63, 3.8) is 0 Å². The van der Waals surface area contributed by atoms with Crippen LogP contribution in [-0.2, 0) is 4.79 Å². The lowest BCUT2D eigenvalue weighted by Gasteiger charge is -2.31. The number of benzene rings is 1. The van der Waals surface area contributed by atoms with E-state index in [1.54, 1.807) is 0 Å². The van der Waals surface area contributed by atoms with Gasteiger partial charge >= 0.3 is 0 Å². The maximum atomic E-state index is 11.9. The van der Waals surface area contributed by atoms with Gasteiger partial charge in [-0.15, -0.1) is 0 Å². The SMILES string of the molecule is CN(CC(=O)NCCOc1ccccc1)C1CCCNC1. The molecule has 0 bridgehead atoms. The summed E-state index contributed by atoms with van der Waals surface area (Å²) in [6.07, 6.45) is 2.34. The molecular formula is C16H25N3O2. The van der Waals surface area contributed by atoms with Crippen LogP contribution in [0, 0.1) is 0 Å². The van der Waals surface area contributed by atoms with Crippen molar-refractivity contribution < 1.29 is 9.53 Å². The Bertz CT molecular complexity index is 419. The van der Waals surface area contributed by atoms with Gasteiger partial charge in [0.25, 0.3) is 0 Å². The summed E-state index contributed by atoms with van der Waals surface area (Å²) in [5.41, 5.74) is 0. The highest BCUT2D eigenvalue weighted by atomic mass is 16.5. The molecular weight excluding hydrogens is 266 g/mol. The third kappa shape index (κ3) is 5.73. The van der Waals surface area contributed by atoms with E-state index in [4.69, 9.17) is 4.74 Å². The molecule has 1 amide bonds. The number of carbonyl (C=O) groups excluding carboxylic acids is 1. The van der Waals surface area contributed by atoms with Crippen LogP contribution < -0.4 is 15.4 Å². The Morgan fingerprint density at radius 2 is 2.24 bits per heavy atom. The van der Waals surface area contributed by atoms with Gasteiger partial charge < -0.3 is 15.4 Å². The predicted octanol–water partition coefficient (Wildman–Crippen LogP) is 0.865. The Balaban J connectivity index is 1.58. The lowest BCUT2D eigenvalue weighted by molar-refractivity contribution is -0.122. The minimum absolute atomic E-state index is 0.0553. The second-order valence-corrected chi connectivity index (χ2v) is 5.43. The predicted molar refractivity (Wildman–Crippen MR) is 83.5 cm³/mol. The van der Waals surface area contributed by atoms with Gasteiger partial charge in [-0.05, 0) is 38.6 Å². The van der Waals surface area contributed by atoms with E-state index in [-0.39, 0.29) is 5.91 Å². The van der Waals surface area contributed by atoms with Gasteiger partial charge in [0.15, 0.2) is 0 Å². The number of hydrogen-bond donors (Lipinski definition) is 2. The number of nitrogens with zero attached hydrogens (tertiary/aromatic N) is 1. The zero-order valence-corrected chi connectivity index (χ0v) is 12.7. The summed E-state index contributed by atoms with van der Waals surface area (Å²) in [7, 11) is 2.01. The van der Waals surface area contributed by atoms with Gasteiger partial charge in [-0.25, -0.2) is 0 Å². The van der Waals surface area contributed by atoms with Crippen molar-refractivity contribution in [1.82, 2.24) is 15.5 Å². The van der Waals surface area contributed by atoms with Crippen LogP contribution in [0.25, 0.3) is 0 Å². The third-order valence-corrected chi connectivity index (χ3v) is 3.72. The van der Waals surface area contributed by atoms with E-state index in [2.05, 4.69) is 15.5 Å². The zero-order chi connectivity index (χ0) is 14.9. The fraction of sp³-hybridized carbons (Fsp3) is 0.562. The molecule has 1 unspecified atom stereocenters. The molecule has 1 saturated heterocycles. The molecule has 0 saturated carbocycles. The number of amides is 1. The van der Waals surface area contributed by atoms with Gasteiger partial charge in [0, 0.05) is 12.6 Å². The summed E-state index contributed by atoms with van der Waals surface area (Å²) < 4.78 is 5.54. The first-order valence-electron chi connectivity index (χ1n) is 7.61. The van der Waals surface area contributed by atoms with Crippen LogP contribution in [0.4, 0.5) is 0 Å². The standard InChI is InChI=1S/C16H25N3O2/c1-19(14-6-5-9-17-12-14)13-16(20)18-10-11-21-15-7-3-2-4-8-15/h2-4,7-8,14,17H,5-6,9-13H2,1H3,(H,18,20). The maximum Gasteiger partial charge on any atom is 0.234 e. The van der Waals surface area contributed by atoms with Crippen LogP contribution >= 0.6 is 0 Å². The number of rotatable bonds is 7. The quantitative estimate of drug-likeness (QED) is 0.732. The lowest BCUT2D eigenvalue weighted by atomic mass is 10.1. The van der Waals surface area contributed by atoms with Crippen molar-refractivity contribution in [2.45, 2.75) is 18.9 Å². The smallest absolute Gasteiger partial charge is 0.234 e. The number of hydrogen-bond acceptors (Lipinski definition) is 4. The average molecular weight is 291 g/mol. The molecule has 1 aliphatic rings. The number of ether oxygens (including phenoxy) is 1. The first-order valence-corrected chi connectivity index (χ1v) is 7.61. The topological polar surface area (TPSA) is 53.6 Å². The molecule has 1 heterocycles. The largest absolute Gasteiger partial charge is 0.492 e. The van der Waals surface area contributed by atoms with Gasteiger partial charge in [-0.2, -0.15) is 0 Å². The molecule has 0 aromatic heterocycles. The van der Waals surface area contributed by atoms with Crippen molar-refractivity contribution in [3.05, 3.63) is 30.3 Å². The highest BCUT2D eigenvalue weighted by molar-refractivity contribution is 5.78. The molecule has 0 spiro atoms. The summed E-state index contributed by atoms with van der Waals surface area (Å²) in [5, 5.41) is 6.26. The van der Waals surface area contributed by atoms with E-state index in [1.165, 1.54) is 6.42 Å². The summed E-state index contributed by atoms with van der Waals surface area (Å²) in [6, 6.07) is 10.1. The summed E-state index contributed by atoms with van der Waals surface area (Å²) in [5.74, 6) is 0.886. The first-order chi connectivity index (χ1) is 10.3. The number of carbonyl (C=O) groups is 1. The molecule has 0 aliphatic carbocycles. The first kappa shape index (κ1) is 15.8. The van der Waals surface area contributed by atoms with E-state index < -0.39 is 0 Å². The van der Waals surface area contributed by atoms with Crippen LogP contribution in [0.3, 0.4) is 0 Å². The van der Waals surface area contributed by atoms with Crippen molar-refractivity contribution in [1.29, 1.82) is 0 Å². The Hall–Kier alpha value is -1.59. The zero-order valence-electron chi connectivity index (χ0n) is 12.7. The van der Waals surface area contributed by atoms with Gasteiger partial charge in [0.1, 0.15) is 12.4 Å². The number of piperidine rings is 1. The Labute approximate surface area is 126 Å². The molecule has 1 fully saturated rings. The molecule has 0 radical (unpaired) electrons. The lowest BCUT2D eigenvalue weighted by Crippen LogP contribution is -2.48. The minimum Gasteiger partial charge on any atom is -0.492 e. The van der Waals surface area contributed by atoms with Gasteiger partial charge in [0.2, 0.25) is 5.91 Å². The summed E-state index contributed by atoms with van der Waals surface area (Å²) >= 11 is 0. The second-order valence-electron chi connectivity index (χ2n) is 5.43. The fourth-order valence-electron chi connectivity index (χ4n) is 2.50. The highest BCUT2D eigenvalue weighted by Gasteiger charge is 2.19. The van der Waals surface area contributed by atoms with Crippen molar-refractivity contribution >= 4 is 5.91 Å². The Morgan fingerprint density at radius 3 is 2.95 bits per heavy atom.